The highest BCUT2D eigenvalue weighted by Gasteiger charge is 2.14. The number of hydrogen-bond donors (Lipinski definition) is 1. The average molecular weight is 480 g/mol. The highest BCUT2D eigenvalue weighted by molar-refractivity contribution is 9.10. The van der Waals surface area contributed by atoms with E-state index in [0.29, 0.717) is 30.2 Å². The Kier molecular flexibility index (Phi) is 6.23. The number of aromatic nitrogens is 2. The van der Waals surface area contributed by atoms with Gasteiger partial charge in [0.05, 0.1) is 31.8 Å². The van der Waals surface area contributed by atoms with E-state index in [4.69, 9.17) is 14.5 Å². The van der Waals surface area contributed by atoms with Crippen LogP contribution in [0.2, 0.25) is 0 Å². The van der Waals surface area contributed by atoms with Crippen LogP contribution in [0.4, 0.5) is 0 Å². The summed E-state index contributed by atoms with van der Waals surface area (Å²) in [5.41, 5.74) is 3.56. The summed E-state index contributed by atoms with van der Waals surface area (Å²) in [6, 6.07) is 21.2. The number of halogens is 1. The second kappa shape index (κ2) is 9.22. The van der Waals surface area contributed by atoms with E-state index in [2.05, 4.69) is 37.9 Å². The summed E-state index contributed by atoms with van der Waals surface area (Å²) >= 11 is 3.53. The number of methoxy groups -OCH3 is 2. The molecule has 0 bridgehead atoms. The van der Waals surface area contributed by atoms with Crippen molar-refractivity contribution in [2.24, 2.45) is 0 Å². The SMILES string of the molecule is COc1ccc(C(=O)NCc2nc3ccccc3n2Cc2cccc(Br)c2)cc1OC. The van der Waals surface area contributed by atoms with Gasteiger partial charge in [-0.3, -0.25) is 4.79 Å². The van der Waals surface area contributed by atoms with E-state index < -0.39 is 0 Å². The van der Waals surface area contributed by atoms with Gasteiger partial charge in [0.2, 0.25) is 0 Å². The molecule has 0 spiro atoms. The van der Waals surface area contributed by atoms with E-state index in [1.165, 1.54) is 0 Å². The van der Waals surface area contributed by atoms with Crippen LogP contribution >= 0.6 is 15.9 Å². The van der Waals surface area contributed by atoms with Gasteiger partial charge in [-0.1, -0.05) is 40.2 Å². The van der Waals surface area contributed by atoms with Crippen molar-refractivity contribution in [3.63, 3.8) is 0 Å². The smallest absolute Gasteiger partial charge is 0.251 e. The topological polar surface area (TPSA) is 65.4 Å². The Morgan fingerprint density at radius 3 is 2.58 bits per heavy atom. The van der Waals surface area contributed by atoms with Crippen LogP contribution < -0.4 is 14.8 Å². The Hall–Kier alpha value is -3.32. The van der Waals surface area contributed by atoms with Crippen LogP contribution in [-0.2, 0) is 13.1 Å². The Morgan fingerprint density at radius 2 is 1.81 bits per heavy atom. The van der Waals surface area contributed by atoms with Gasteiger partial charge in [-0.05, 0) is 48.0 Å². The lowest BCUT2D eigenvalue weighted by Gasteiger charge is -2.12. The number of amides is 1. The van der Waals surface area contributed by atoms with E-state index in [9.17, 15) is 4.79 Å². The number of ether oxygens (including phenoxy) is 2. The van der Waals surface area contributed by atoms with Gasteiger partial charge in [0.1, 0.15) is 5.82 Å². The Labute approximate surface area is 188 Å². The fraction of sp³-hybridized carbons (Fsp3) is 0.167. The van der Waals surface area contributed by atoms with Crippen LogP contribution in [0.5, 0.6) is 11.5 Å². The summed E-state index contributed by atoms with van der Waals surface area (Å²) in [6.45, 7) is 0.956. The van der Waals surface area contributed by atoms with Gasteiger partial charge in [-0.15, -0.1) is 0 Å². The summed E-state index contributed by atoms with van der Waals surface area (Å²) in [4.78, 5) is 17.5. The summed E-state index contributed by atoms with van der Waals surface area (Å²) in [6.07, 6.45) is 0. The number of rotatable bonds is 7. The first-order valence-corrected chi connectivity index (χ1v) is 10.6. The molecule has 1 amide bonds. The van der Waals surface area contributed by atoms with Crippen LogP contribution in [0.1, 0.15) is 21.7 Å². The van der Waals surface area contributed by atoms with Crippen LogP contribution in [-0.4, -0.2) is 29.7 Å². The molecule has 7 heteroatoms. The molecule has 1 heterocycles. The molecule has 4 aromatic rings. The van der Waals surface area contributed by atoms with Crippen molar-refractivity contribution in [1.29, 1.82) is 0 Å². The molecule has 0 fully saturated rings. The summed E-state index contributed by atoms with van der Waals surface area (Å²) in [5.74, 6) is 1.67. The van der Waals surface area contributed by atoms with Crippen molar-refractivity contribution in [3.8, 4) is 11.5 Å². The zero-order valence-corrected chi connectivity index (χ0v) is 18.8. The predicted molar refractivity (Wildman–Crippen MR) is 124 cm³/mol. The normalized spacial score (nSPS) is 10.8. The van der Waals surface area contributed by atoms with E-state index in [-0.39, 0.29) is 5.91 Å². The van der Waals surface area contributed by atoms with Crippen LogP contribution in [0.25, 0.3) is 11.0 Å². The van der Waals surface area contributed by atoms with Gasteiger partial charge in [-0.2, -0.15) is 0 Å². The number of carbonyl (C=O) groups is 1. The van der Waals surface area contributed by atoms with Gasteiger partial charge in [0, 0.05) is 16.6 Å². The Bertz CT molecular complexity index is 1240. The molecule has 0 radical (unpaired) electrons. The minimum atomic E-state index is -0.206. The molecule has 0 saturated carbocycles. The van der Waals surface area contributed by atoms with Crippen molar-refractivity contribution in [1.82, 2.24) is 14.9 Å². The molecule has 0 aliphatic carbocycles. The molecule has 1 N–H and O–H groups in total. The molecule has 31 heavy (non-hydrogen) atoms. The van der Waals surface area contributed by atoms with Gasteiger partial charge in [0.25, 0.3) is 5.91 Å². The van der Waals surface area contributed by atoms with E-state index in [1.54, 1.807) is 32.4 Å². The number of hydrogen-bond acceptors (Lipinski definition) is 4. The zero-order chi connectivity index (χ0) is 21.8. The number of benzene rings is 3. The van der Waals surface area contributed by atoms with Gasteiger partial charge >= 0.3 is 0 Å². The second-order valence-electron chi connectivity index (χ2n) is 6.99. The maximum Gasteiger partial charge on any atom is 0.251 e. The minimum absolute atomic E-state index is 0.206. The molecule has 1 aromatic heterocycles. The molecular weight excluding hydrogens is 458 g/mol. The van der Waals surface area contributed by atoms with E-state index in [0.717, 1.165) is 26.9 Å². The summed E-state index contributed by atoms with van der Waals surface area (Å²) in [5, 5.41) is 2.97. The number of imidazole rings is 1. The third-order valence-electron chi connectivity index (χ3n) is 5.02. The van der Waals surface area contributed by atoms with Crippen LogP contribution in [0, 0.1) is 0 Å². The molecule has 0 atom stereocenters. The third kappa shape index (κ3) is 4.56. The molecule has 4 rings (SSSR count). The van der Waals surface area contributed by atoms with Gasteiger partial charge in [-0.25, -0.2) is 4.98 Å². The predicted octanol–water partition coefficient (Wildman–Crippen LogP) is 4.79. The number of fused-ring (bicyclic) bond motifs is 1. The first kappa shape index (κ1) is 20.9. The van der Waals surface area contributed by atoms with E-state index in [1.807, 2.05) is 36.4 Å². The first-order chi connectivity index (χ1) is 15.1. The molecular formula is C24H22BrN3O3. The van der Waals surface area contributed by atoms with Gasteiger partial charge in [0.15, 0.2) is 11.5 Å². The lowest BCUT2D eigenvalue weighted by Crippen LogP contribution is -2.25. The van der Waals surface area contributed by atoms with Crippen molar-refractivity contribution < 1.29 is 14.3 Å². The first-order valence-electron chi connectivity index (χ1n) is 9.78. The largest absolute Gasteiger partial charge is 0.493 e. The lowest BCUT2D eigenvalue weighted by molar-refractivity contribution is 0.0949. The Morgan fingerprint density at radius 1 is 1.00 bits per heavy atom. The number of carbonyl (C=O) groups excluding carboxylic acids is 1. The Balaban J connectivity index is 1.59. The number of para-hydroxylation sites is 2. The summed E-state index contributed by atoms with van der Waals surface area (Å²) < 4.78 is 13.7. The zero-order valence-electron chi connectivity index (χ0n) is 17.3. The highest BCUT2D eigenvalue weighted by atomic mass is 79.9. The number of nitrogens with one attached hydrogen (secondary N) is 1. The van der Waals surface area contributed by atoms with Gasteiger partial charge < -0.3 is 19.4 Å². The second-order valence-corrected chi connectivity index (χ2v) is 7.90. The maximum atomic E-state index is 12.8. The molecule has 6 nitrogen and oxygen atoms in total. The minimum Gasteiger partial charge on any atom is -0.493 e. The standard InChI is InChI=1S/C24H22BrN3O3/c1-30-21-11-10-17(13-22(21)31-2)24(29)26-14-23-27-19-8-3-4-9-20(19)28(23)15-16-6-5-7-18(25)12-16/h3-13H,14-15H2,1-2H3,(H,26,29). The monoisotopic (exact) mass is 479 g/mol. The maximum absolute atomic E-state index is 12.8. The van der Waals surface area contributed by atoms with Crippen molar-refractivity contribution >= 4 is 32.9 Å². The van der Waals surface area contributed by atoms with E-state index >= 15 is 0 Å². The molecule has 0 saturated heterocycles. The highest BCUT2D eigenvalue weighted by Crippen LogP contribution is 2.27. The average Bonchev–Trinajstić information content (AvgIpc) is 3.14. The lowest BCUT2D eigenvalue weighted by atomic mass is 10.2. The molecule has 3 aromatic carbocycles. The fourth-order valence-electron chi connectivity index (χ4n) is 3.49. The molecule has 158 valence electrons. The van der Waals surface area contributed by atoms with Crippen LogP contribution in [0.3, 0.4) is 0 Å². The summed E-state index contributed by atoms with van der Waals surface area (Å²) in [7, 11) is 3.11. The molecule has 0 aliphatic rings. The molecule has 0 aliphatic heterocycles. The van der Waals surface area contributed by atoms with Crippen LogP contribution in [0.15, 0.2) is 71.2 Å². The van der Waals surface area contributed by atoms with Crippen molar-refractivity contribution in [2.75, 3.05) is 14.2 Å². The molecule has 0 unspecified atom stereocenters. The van der Waals surface area contributed by atoms with Crippen molar-refractivity contribution in [3.05, 3.63) is 88.2 Å². The quantitative estimate of drug-likeness (QED) is 0.413. The third-order valence-corrected chi connectivity index (χ3v) is 5.51. The number of nitrogens with zero attached hydrogens (tertiary/aromatic N) is 2. The van der Waals surface area contributed by atoms with Crippen molar-refractivity contribution in [2.45, 2.75) is 13.1 Å². The fourth-order valence-corrected chi connectivity index (χ4v) is 3.94.